The van der Waals surface area contributed by atoms with Crippen molar-refractivity contribution in [2.24, 2.45) is 10.2 Å². The summed E-state index contributed by atoms with van der Waals surface area (Å²) < 4.78 is 0. The third-order valence-electron chi connectivity index (χ3n) is 3.35. The van der Waals surface area contributed by atoms with Crippen LogP contribution in [0.1, 0.15) is 5.56 Å². The quantitative estimate of drug-likeness (QED) is 0.393. The van der Waals surface area contributed by atoms with E-state index in [0.29, 0.717) is 16.1 Å². The Morgan fingerprint density at radius 2 is 1.91 bits per heavy atom. The summed E-state index contributed by atoms with van der Waals surface area (Å²) in [4.78, 5) is 13.0. The molecule has 0 aliphatic carbocycles. The summed E-state index contributed by atoms with van der Waals surface area (Å²) in [5.74, 6) is -0.115. The average molecular weight is 331 g/mol. The molecule has 0 aliphatic heterocycles. The normalized spacial score (nSPS) is 11.4. The van der Waals surface area contributed by atoms with Crippen molar-refractivity contribution < 1.29 is 10.0 Å². The van der Waals surface area contributed by atoms with E-state index in [0.717, 1.165) is 11.1 Å². The topological polar surface area (TPSA) is 104 Å². The number of aromatic hydroxyl groups is 1. The molecule has 1 aromatic heterocycles. The maximum atomic E-state index is 10.6. The molecule has 2 aromatic carbocycles. The second-order valence-corrected chi connectivity index (χ2v) is 5.38. The first-order valence-corrected chi connectivity index (χ1v) is 7.00. The van der Waals surface area contributed by atoms with Gasteiger partial charge in [-0.05, 0) is 36.8 Å². The molecule has 0 unspecified atom stereocenters. The third kappa shape index (κ3) is 2.86. The number of H-pyrrole nitrogens is 1. The van der Waals surface area contributed by atoms with Crippen LogP contribution in [0.25, 0.3) is 10.9 Å². The van der Waals surface area contributed by atoms with Crippen LogP contribution in [-0.4, -0.2) is 15.0 Å². The summed E-state index contributed by atoms with van der Waals surface area (Å²) in [5, 5.41) is 29.8. The largest absolute Gasteiger partial charge is 0.493 e. The summed E-state index contributed by atoms with van der Waals surface area (Å²) in [6.07, 6.45) is 0. The van der Waals surface area contributed by atoms with Crippen molar-refractivity contribution >= 4 is 39.6 Å². The minimum atomic E-state index is -0.489. The Kier molecular flexibility index (Phi) is 3.71. The first kappa shape index (κ1) is 15.0. The van der Waals surface area contributed by atoms with Gasteiger partial charge in [-0.2, -0.15) is 5.11 Å². The molecule has 2 N–H and O–H groups in total. The molecule has 3 aromatic rings. The first-order valence-electron chi connectivity index (χ1n) is 6.62. The molecule has 7 nitrogen and oxygen atoms in total. The van der Waals surface area contributed by atoms with E-state index in [2.05, 4.69) is 15.2 Å². The SMILES string of the molecule is Cc1cc(Cl)cc2c(N=Nc3ccc([N+](=O)[O-])cc3)c(O)[nH]c12. The molecule has 0 fully saturated rings. The number of nitrogens with zero attached hydrogens (tertiary/aromatic N) is 3. The fraction of sp³-hybridized carbons (Fsp3) is 0.0667. The molecule has 3 rings (SSSR count). The lowest BCUT2D eigenvalue weighted by Crippen LogP contribution is -1.85. The number of non-ortho nitro benzene ring substituents is 1. The van der Waals surface area contributed by atoms with Gasteiger partial charge in [-0.25, -0.2) is 0 Å². The molecule has 0 radical (unpaired) electrons. The lowest BCUT2D eigenvalue weighted by atomic mass is 10.1. The van der Waals surface area contributed by atoms with Gasteiger partial charge in [0.2, 0.25) is 5.88 Å². The minimum absolute atomic E-state index is 0.0266. The van der Waals surface area contributed by atoms with Gasteiger partial charge in [0.1, 0.15) is 0 Å². The van der Waals surface area contributed by atoms with E-state index < -0.39 is 4.92 Å². The summed E-state index contributed by atoms with van der Waals surface area (Å²) in [7, 11) is 0. The molecular formula is C15H11ClN4O3. The van der Waals surface area contributed by atoms with E-state index in [4.69, 9.17) is 11.6 Å². The average Bonchev–Trinajstić information content (AvgIpc) is 2.82. The fourth-order valence-corrected chi connectivity index (χ4v) is 2.52. The lowest BCUT2D eigenvalue weighted by Gasteiger charge is -1.97. The maximum Gasteiger partial charge on any atom is 0.269 e. The van der Waals surface area contributed by atoms with Crippen LogP contribution in [0.2, 0.25) is 5.02 Å². The number of nitro benzene ring substituents is 1. The van der Waals surface area contributed by atoms with Crippen LogP contribution < -0.4 is 0 Å². The van der Waals surface area contributed by atoms with E-state index in [9.17, 15) is 15.2 Å². The summed E-state index contributed by atoms with van der Waals surface area (Å²) >= 11 is 6.04. The molecule has 23 heavy (non-hydrogen) atoms. The smallest absolute Gasteiger partial charge is 0.269 e. The summed E-state index contributed by atoms with van der Waals surface area (Å²) in [6, 6.07) is 9.09. The molecule has 116 valence electrons. The molecule has 0 spiro atoms. The number of aryl methyl sites for hydroxylation is 1. The molecule has 1 heterocycles. The number of hydrogen-bond acceptors (Lipinski definition) is 5. The lowest BCUT2D eigenvalue weighted by molar-refractivity contribution is -0.384. The maximum absolute atomic E-state index is 10.6. The van der Waals surface area contributed by atoms with Gasteiger partial charge in [0.25, 0.3) is 5.69 Å². The predicted octanol–water partition coefficient (Wildman–Crippen LogP) is 5.16. The van der Waals surface area contributed by atoms with Crippen molar-refractivity contribution in [2.75, 3.05) is 0 Å². The van der Waals surface area contributed by atoms with Gasteiger partial charge >= 0.3 is 0 Å². The number of aromatic amines is 1. The zero-order valence-corrected chi connectivity index (χ0v) is 12.7. The number of rotatable bonds is 3. The van der Waals surface area contributed by atoms with Crippen molar-refractivity contribution in [1.29, 1.82) is 0 Å². The Hall–Kier alpha value is -2.93. The Morgan fingerprint density at radius 1 is 1.22 bits per heavy atom. The van der Waals surface area contributed by atoms with Gasteiger partial charge in [-0.15, -0.1) is 5.11 Å². The number of aromatic nitrogens is 1. The van der Waals surface area contributed by atoms with Crippen molar-refractivity contribution in [2.45, 2.75) is 6.92 Å². The second-order valence-electron chi connectivity index (χ2n) is 4.94. The Bertz CT molecular complexity index is 932. The highest BCUT2D eigenvalue weighted by Gasteiger charge is 2.13. The number of nitrogens with one attached hydrogen (secondary N) is 1. The van der Waals surface area contributed by atoms with Crippen molar-refractivity contribution in [1.82, 2.24) is 4.98 Å². The molecule has 0 atom stereocenters. The number of fused-ring (bicyclic) bond motifs is 1. The van der Waals surface area contributed by atoms with Gasteiger partial charge < -0.3 is 10.1 Å². The van der Waals surface area contributed by atoms with Gasteiger partial charge in [-0.3, -0.25) is 10.1 Å². The molecule has 0 saturated carbocycles. The van der Waals surface area contributed by atoms with E-state index in [1.165, 1.54) is 24.3 Å². The monoisotopic (exact) mass is 330 g/mol. The van der Waals surface area contributed by atoms with Crippen LogP contribution in [-0.2, 0) is 0 Å². The van der Waals surface area contributed by atoms with Gasteiger partial charge in [0, 0.05) is 22.5 Å². The van der Waals surface area contributed by atoms with Gasteiger partial charge in [-0.1, -0.05) is 11.6 Å². The molecule has 8 heteroatoms. The highest BCUT2D eigenvalue weighted by Crippen LogP contribution is 2.39. The van der Waals surface area contributed by atoms with Crippen molar-refractivity contribution in [3.63, 3.8) is 0 Å². The van der Waals surface area contributed by atoms with Crippen LogP contribution in [0.3, 0.4) is 0 Å². The first-order chi connectivity index (χ1) is 11.0. The van der Waals surface area contributed by atoms with Crippen LogP contribution in [0.5, 0.6) is 5.88 Å². The number of halogens is 1. The molecule has 0 aliphatic rings. The van der Waals surface area contributed by atoms with E-state index >= 15 is 0 Å². The Balaban J connectivity index is 2.00. The van der Waals surface area contributed by atoms with Crippen LogP contribution in [0.4, 0.5) is 17.1 Å². The van der Waals surface area contributed by atoms with Crippen LogP contribution in [0, 0.1) is 17.0 Å². The van der Waals surface area contributed by atoms with E-state index in [1.54, 1.807) is 12.1 Å². The zero-order chi connectivity index (χ0) is 16.6. The molecule has 0 amide bonds. The fourth-order valence-electron chi connectivity index (χ4n) is 2.25. The Labute approximate surface area is 135 Å². The standard InChI is InChI=1S/C15H11ClN4O3/c1-8-6-9(16)7-12-13(8)17-15(21)14(12)19-18-10-2-4-11(5-3-10)20(22)23/h2-7,17,21H,1H3. The highest BCUT2D eigenvalue weighted by atomic mass is 35.5. The van der Waals surface area contributed by atoms with Crippen molar-refractivity contribution in [3.8, 4) is 5.88 Å². The molecular weight excluding hydrogens is 320 g/mol. The third-order valence-corrected chi connectivity index (χ3v) is 3.57. The number of benzene rings is 2. The van der Waals surface area contributed by atoms with Gasteiger partial charge in [0.15, 0.2) is 5.69 Å². The van der Waals surface area contributed by atoms with Crippen LogP contribution in [0.15, 0.2) is 46.6 Å². The van der Waals surface area contributed by atoms with E-state index in [-0.39, 0.29) is 17.3 Å². The van der Waals surface area contributed by atoms with Crippen LogP contribution >= 0.6 is 11.6 Å². The second kappa shape index (κ2) is 5.69. The zero-order valence-electron chi connectivity index (χ0n) is 11.9. The highest BCUT2D eigenvalue weighted by molar-refractivity contribution is 6.31. The number of hydrogen-bond donors (Lipinski definition) is 2. The number of azo groups is 1. The van der Waals surface area contributed by atoms with Gasteiger partial charge in [0.05, 0.1) is 16.1 Å². The molecule has 0 saturated heterocycles. The number of nitro groups is 1. The minimum Gasteiger partial charge on any atom is -0.493 e. The summed E-state index contributed by atoms with van der Waals surface area (Å²) in [5.41, 5.74) is 2.28. The van der Waals surface area contributed by atoms with Crippen molar-refractivity contribution in [3.05, 3.63) is 57.1 Å². The van der Waals surface area contributed by atoms with E-state index in [1.807, 2.05) is 6.92 Å². The summed E-state index contributed by atoms with van der Waals surface area (Å²) in [6.45, 7) is 1.86. The molecule has 0 bridgehead atoms. The Morgan fingerprint density at radius 3 is 2.57 bits per heavy atom. The predicted molar refractivity (Wildman–Crippen MR) is 87.0 cm³/mol.